The van der Waals surface area contributed by atoms with Crippen LogP contribution < -0.4 is 5.73 Å². The van der Waals surface area contributed by atoms with Crippen LogP contribution in [0.3, 0.4) is 0 Å². The number of fused-ring (bicyclic) bond motifs is 1. The lowest BCUT2D eigenvalue weighted by Crippen LogP contribution is -2.30. The first-order valence-electron chi connectivity index (χ1n) is 6.76. The van der Waals surface area contributed by atoms with Crippen LogP contribution in [-0.4, -0.2) is 24.0 Å². The molecule has 0 bridgehead atoms. The van der Waals surface area contributed by atoms with Gasteiger partial charge in [0.2, 0.25) is 0 Å². The Labute approximate surface area is 116 Å². The van der Waals surface area contributed by atoms with Crippen molar-refractivity contribution in [3.05, 3.63) is 35.4 Å². The molecule has 1 aromatic carbocycles. The molecule has 0 amide bonds. The van der Waals surface area contributed by atoms with Crippen molar-refractivity contribution >= 4 is 12.4 Å². The van der Waals surface area contributed by atoms with Gasteiger partial charge in [0.15, 0.2) is 0 Å². The Kier molecular flexibility index (Phi) is 4.31. The number of benzene rings is 1. The van der Waals surface area contributed by atoms with Crippen LogP contribution in [0.4, 0.5) is 0 Å². The quantitative estimate of drug-likeness (QED) is 0.892. The predicted octanol–water partition coefficient (Wildman–Crippen LogP) is 2.59. The average Bonchev–Trinajstić information content (AvgIpc) is 2.85. The fourth-order valence-electron chi connectivity index (χ4n) is 3.48. The lowest BCUT2D eigenvalue weighted by molar-refractivity contribution is 0.298. The molecule has 0 spiro atoms. The Bertz CT molecular complexity index is 390. The van der Waals surface area contributed by atoms with Crippen molar-refractivity contribution in [1.82, 2.24) is 4.90 Å². The summed E-state index contributed by atoms with van der Waals surface area (Å²) in [7, 11) is 0. The number of rotatable bonds is 2. The van der Waals surface area contributed by atoms with Gasteiger partial charge in [0.05, 0.1) is 0 Å². The minimum absolute atomic E-state index is 0. The molecular formula is C15H23ClN2. The Morgan fingerprint density at radius 3 is 2.56 bits per heavy atom. The van der Waals surface area contributed by atoms with Gasteiger partial charge < -0.3 is 5.73 Å². The molecular weight excluding hydrogens is 244 g/mol. The van der Waals surface area contributed by atoms with Crippen molar-refractivity contribution in [3.63, 3.8) is 0 Å². The molecule has 3 atom stereocenters. The van der Waals surface area contributed by atoms with E-state index < -0.39 is 0 Å². The third-order valence-corrected chi connectivity index (χ3v) is 4.51. The van der Waals surface area contributed by atoms with Crippen LogP contribution in [0.2, 0.25) is 0 Å². The Balaban J connectivity index is 0.00000120. The largest absolute Gasteiger partial charge is 0.327 e. The van der Waals surface area contributed by atoms with Crippen LogP contribution in [0.25, 0.3) is 0 Å². The summed E-state index contributed by atoms with van der Waals surface area (Å²) in [6, 6.07) is 9.38. The monoisotopic (exact) mass is 266 g/mol. The molecule has 1 aliphatic carbocycles. The van der Waals surface area contributed by atoms with Crippen molar-refractivity contribution in [2.24, 2.45) is 17.6 Å². The second-order valence-corrected chi connectivity index (χ2v) is 5.84. The molecule has 1 aliphatic heterocycles. The molecule has 2 N–H and O–H groups in total. The standard InChI is InChI=1S/C15H22N2.ClH/c1-11-2-4-12(5-3-11)8-17-9-13-6-7-15(16)14(13)10-17;/h2-5,13-15H,6-10,16H2,1H3;1H. The molecule has 1 aromatic rings. The van der Waals surface area contributed by atoms with Crippen molar-refractivity contribution in [1.29, 1.82) is 0 Å². The Hall–Kier alpha value is -0.570. The molecule has 18 heavy (non-hydrogen) atoms. The average molecular weight is 267 g/mol. The van der Waals surface area contributed by atoms with Gasteiger partial charge in [-0.1, -0.05) is 29.8 Å². The number of nitrogens with zero attached hydrogens (tertiary/aromatic N) is 1. The molecule has 0 radical (unpaired) electrons. The Morgan fingerprint density at radius 2 is 1.89 bits per heavy atom. The van der Waals surface area contributed by atoms with Gasteiger partial charge >= 0.3 is 0 Å². The van der Waals surface area contributed by atoms with E-state index in [1.165, 1.54) is 37.1 Å². The van der Waals surface area contributed by atoms with Crippen LogP contribution in [0.5, 0.6) is 0 Å². The normalized spacial score (nSPS) is 31.1. The fourth-order valence-corrected chi connectivity index (χ4v) is 3.48. The smallest absolute Gasteiger partial charge is 0.0233 e. The summed E-state index contributed by atoms with van der Waals surface area (Å²) >= 11 is 0. The molecule has 100 valence electrons. The second-order valence-electron chi connectivity index (χ2n) is 5.84. The summed E-state index contributed by atoms with van der Waals surface area (Å²) < 4.78 is 0. The highest BCUT2D eigenvalue weighted by molar-refractivity contribution is 5.85. The maximum absolute atomic E-state index is 6.17. The first-order valence-corrected chi connectivity index (χ1v) is 6.76. The van der Waals surface area contributed by atoms with Crippen molar-refractivity contribution < 1.29 is 0 Å². The maximum Gasteiger partial charge on any atom is 0.0233 e. The number of hydrogen-bond donors (Lipinski definition) is 1. The maximum atomic E-state index is 6.17. The minimum atomic E-state index is 0. The molecule has 2 aliphatic rings. The van der Waals surface area contributed by atoms with Crippen LogP contribution in [0, 0.1) is 18.8 Å². The molecule has 3 heteroatoms. The van der Waals surface area contributed by atoms with Crippen LogP contribution in [0.15, 0.2) is 24.3 Å². The molecule has 1 heterocycles. The number of likely N-dealkylation sites (tertiary alicyclic amines) is 1. The number of nitrogens with two attached hydrogens (primary N) is 1. The number of hydrogen-bond acceptors (Lipinski definition) is 2. The van der Waals surface area contributed by atoms with Crippen LogP contribution in [-0.2, 0) is 6.54 Å². The summed E-state index contributed by atoms with van der Waals surface area (Å²) in [5, 5.41) is 0. The molecule has 1 saturated heterocycles. The van der Waals surface area contributed by atoms with E-state index in [4.69, 9.17) is 5.73 Å². The van der Waals surface area contributed by atoms with E-state index in [1.807, 2.05) is 0 Å². The highest BCUT2D eigenvalue weighted by Crippen LogP contribution is 2.37. The van der Waals surface area contributed by atoms with E-state index >= 15 is 0 Å². The summed E-state index contributed by atoms with van der Waals surface area (Å²) in [6.07, 6.45) is 2.59. The van der Waals surface area contributed by atoms with Crippen LogP contribution >= 0.6 is 12.4 Å². The minimum Gasteiger partial charge on any atom is -0.327 e. The summed E-state index contributed by atoms with van der Waals surface area (Å²) in [6.45, 7) is 5.70. The van der Waals surface area contributed by atoms with Gasteiger partial charge in [-0.3, -0.25) is 4.90 Å². The van der Waals surface area contributed by atoms with Gasteiger partial charge in [0, 0.05) is 25.7 Å². The topological polar surface area (TPSA) is 29.3 Å². The third-order valence-electron chi connectivity index (χ3n) is 4.51. The third kappa shape index (κ3) is 2.71. The van der Waals surface area contributed by atoms with E-state index in [-0.39, 0.29) is 12.4 Å². The molecule has 0 aromatic heterocycles. The zero-order chi connectivity index (χ0) is 11.8. The molecule has 3 unspecified atom stereocenters. The lowest BCUT2D eigenvalue weighted by Gasteiger charge is -2.18. The summed E-state index contributed by atoms with van der Waals surface area (Å²) in [5.41, 5.74) is 8.94. The molecule has 2 fully saturated rings. The first kappa shape index (κ1) is 13.9. The number of aryl methyl sites for hydroxylation is 1. The van der Waals surface area contributed by atoms with E-state index in [1.54, 1.807) is 0 Å². The molecule has 2 nitrogen and oxygen atoms in total. The highest BCUT2D eigenvalue weighted by Gasteiger charge is 2.40. The zero-order valence-electron chi connectivity index (χ0n) is 11.0. The SMILES string of the molecule is Cc1ccc(CN2CC3CCC(N)C3C2)cc1.Cl. The van der Waals surface area contributed by atoms with Crippen molar-refractivity contribution in [3.8, 4) is 0 Å². The molecule has 3 rings (SSSR count). The highest BCUT2D eigenvalue weighted by atomic mass is 35.5. The van der Waals surface area contributed by atoms with Gasteiger partial charge in [-0.15, -0.1) is 12.4 Å². The summed E-state index contributed by atoms with van der Waals surface area (Å²) in [5.74, 6) is 1.64. The van der Waals surface area contributed by atoms with Gasteiger partial charge in [0.1, 0.15) is 0 Å². The van der Waals surface area contributed by atoms with E-state index in [0.717, 1.165) is 18.4 Å². The van der Waals surface area contributed by atoms with Crippen molar-refractivity contribution in [2.45, 2.75) is 32.4 Å². The number of halogens is 1. The second kappa shape index (κ2) is 5.60. The lowest BCUT2D eigenvalue weighted by atomic mass is 9.98. The fraction of sp³-hybridized carbons (Fsp3) is 0.600. The van der Waals surface area contributed by atoms with E-state index in [9.17, 15) is 0 Å². The predicted molar refractivity (Wildman–Crippen MR) is 77.9 cm³/mol. The van der Waals surface area contributed by atoms with Crippen LogP contribution in [0.1, 0.15) is 24.0 Å². The van der Waals surface area contributed by atoms with E-state index in [0.29, 0.717) is 6.04 Å². The van der Waals surface area contributed by atoms with Gasteiger partial charge in [-0.2, -0.15) is 0 Å². The zero-order valence-corrected chi connectivity index (χ0v) is 11.8. The Morgan fingerprint density at radius 1 is 1.17 bits per heavy atom. The van der Waals surface area contributed by atoms with Crippen molar-refractivity contribution in [2.75, 3.05) is 13.1 Å². The van der Waals surface area contributed by atoms with E-state index in [2.05, 4.69) is 36.1 Å². The summed E-state index contributed by atoms with van der Waals surface area (Å²) in [4.78, 5) is 2.58. The molecule has 1 saturated carbocycles. The van der Waals surface area contributed by atoms with Gasteiger partial charge in [-0.25, -0.2) is 0 Å². The van der Waals surface area contributed by atoms with Gasteiger partial charge in [-0.05, 0) is 37.2 Å². The first-order chi connectivity index (χ1) is 8.22. The van der Waals surface area contributed by atoms with Gasteiger partial charge in [0.25, 0.3) is 0 Å².